The molecule has 1 atom stereocenters. The van der Waals surface area contributed by atoms with Crippen LogP contribution in [0, 0.1) is 0 Å². The first-order chi connectivity index (χ1) is 7.95. The van der Waals surface area contributed by atoms with Crippen molar-refractivity contribution in [1.82, 2.24) is 15.3 Å². The van der Waals surface area contributed by atoms with Crippen molar-refractivity contribution in [2.24, 2.45) is 0 Å². The lowest BCUT2D eigenvalue weighted by molar-refractivity contribution is 0.0115. The third-order valence-corrected chi connectivity index (χ3v) is 2.82. The third kappa shape index (κ3) is 3.87. The van der Waals surface area contributed by atoms with Gasteiger partial charge < -0.3 is 10.1 Å². The van der Waals surface area contributed by atoms with Gasteiger partial charge in [0.05, 0.1) is 12.6 Å². The van der Waals surface area contributed by atoms with E-state index in [9.17, 15) is 0 Å². The normalized spacial score (nSPS) is 20.9. The molecule has 1 N–H and O–H groups in total. The summed E-state index contributed by atoms with van der Waals surface area (Å²) in [5, 5.41) is 3.34. The molecule has 2 rings (SSSR count). The van der Waals surface area contributed by atoms with E-state index in [4.69, 9.17) is 4.74 Å². The predicted molar refractivity (Wildman–Crippen MR) is 61.9 cm³/mol. The lowest BCUT2D eigenvalue weighted by Gasteiger charge is -2.22. The Morgan fingerprint density at radius 2 is 2.19 bits per heavy atom. The molecule has 88 valence electrons. The summed E-state index contributed by atoms with van der Waals surface area (Å²) < 4.78 is 5.66. The quantitative estimate of drug-likeness (QED) is 0.766. The van der Waals surface area contributed by atoms with Crippen LogP contribution in [0.1, 0.15) is 31.5 Å². The first-order valence-electron chi connectivity index (χ1n) is 6.03. The summed E-state index contributed by atoms with van der Waals surface area (Å²) in [5.74, 6) is 0.854. The molecule has 1 aromatic heterocycles. The van der Waals surface area contributed by atoms with Gasteiger partial charge in [-0.15, -0.1) is 0 Å². The summed E-state index contributed by atoms with van der Waals surface area (Å²) in [7, 11) is 0. The maximum atomic E-state index is 5.66. The van der Waals surface area contributed by atoms with Crippen LogP contribution in [0.4, 0.5) is 0 Å². The molecule has 1 unspecified atom stereocenters. The molecule has 0 radical (unpaired) electrons. The van der Waals surface area contributed by atoms with E-state index in [0.717, 1.165) is 31.9 Å². The molecule has 4 heteroatoms. The van der Waals surface area contributed by atoms with Gasteiger partial charge in [0.15, 0.2) is 0 Å². The second-order valence-corrected chi connectivity index (χ2v) is 4.12. The Balaban J connectivity index is 1.58. The SMILES string of the molecule is c1cnc(CNCCC2CCCCO2)nc1. The lowest BCUT2D eigenvalue weighted by Crippen LogP contribution is -2.25. The van der Waals surface area contributed by atoms with Gasteiger partial charge in [0, 0.05) is 19.0 Å². The van der Waals surface area contributed by atoms with Crippen molar-refractivity contribution < 1.29 is 4.74 Å². The highest BCUT2D eigenvalue weighted by atomic mass is 16.5. The van der Waals surface area contributed by atoms with E-state index in [0.29, 0.717) is 6.10 Å². The zero-order valence-corrected chi connectivity index (χ0v) is 9.56. The van der Waals surface area contributed by atoms with Gasteiger partial charge in [0.1, 0.15) is 5.82 Å². The molecule has 4 nitrogen and oxygen atoms in total. The molecular weight excluding hydrogens is 202 g/mol. The van der Waals surface area contributed by atoms with Crippen molar-refractivity contribution in [2.75, 3.05) is 13.2 Å². The van der Waals surface area contributed by atoms with Crippen molar-refractivity contribution >= 4 is 0 Å². The van der Waals surface area contributed by atoms with Crippen LogP contribution in [0.5, 0.6) is 0 Å². The average molecular weight is 221 g/mol. The number of ether oxygens (including phenoxy) is 1. The molecule has 1 aromatic rings. The monoisotopic (exact) mass is 221 g/mol. The van der Waals surface area contributed by atoms with Crippen LogP contribution in [0.25, 0.3) is 0 Å². The van der Waals surface area contributed by atoms with E-state index < -0.39 is 0 Å². The van der Waals surface area contributed by atoms with Crippen LogP contribution in [-0.4, -0.2) is 29.2 Å². The molecule has 0 aromatic carbocycles. The second kappa shape index (κ2) is 6.55. The minimum absolute atomic E-state index is 0.456. The van der Waals surface area contributed by atoms with Crippen molar-refractivity contribution in [3.63, 3.8) is 0 Å². The fourth-order valence-corrected chi connectivity index (χ4v) is 1.92. The summed E-state index contributed by atoms with van der Waals surface area (Å²) in [5.41, 5.74) is 0. The zero-order valence-electron chi connectivity index (χ0n) is 9.56. The summed E-state index contributed by atoms with van der Waals surface area (Å²) in [6.45, 7) is 2.66. The Morgan fingerprint density at radius 3 is 2.94 bits per heavy atom. The Labute approximate surface area is 96.4 Å². The molecule has 1 aliphatic rings. The Kier molecular flexibility index (Phi) is 4.70. The van der Waals surface area contributed by atoms with Crippen LogP contribution in [0.3, 0.4) is 0 Å². The van der Waals surface area contributed by atoms with Gasteiger partial charge in [-0.05, 0) is 38.3 Å². The molecule has 1 aliphatic heterocycles. The van der Waals surface area contributed by atoms with Crippen molar-refractivity contribution in [1.29, 1.82) is 0 Å². The standard InChI is InChI=1S/C12H19N3O/c1-2-9-16-11(4-1)5-8-13-10-12-14-6-3-7-15-12/h3,6-7,11,13H,1-2,4-5,8-10H2. The van der Waals surface area contributed by atoms with Crippen molar-refractivity contribution in [3.05, 3.63) is 24.3 Å². The highest BCUT2D eigenvalue weighted by Gasteiger charge is 2.12. The van der Waals surface area contributed by atoms with Crippen LogP contribution in [0.15, 0.2) is 18.5 Å². The molecule has 2 heterocycles. The largest absolute Gasteiger partial charge is 0.378 e. The molecule has 1 saturated heterocycles. The summed E-state index contributed by atoms with van der Waals surface area (Å²) in [6, 6.07) is 1.83. The number of aromatic nitrogens is 2. The van der Waals surface area contributed by atoms with Crippen LogP contribution in [0.2, 0.25) is 0 Å². The minimum Gasteiger partial charge on any atom is -0.378 e. The van der Waals surface area contributed by atoms with Gasteiger partial charge in [-0.2, -0.15) is 0 Å². The van der Waals surface area contributed by atoms with E-state index in [-0.39, 0.29) is 0 Å². The van der Waals surface area contributed by atoms with Gasteiger partial charge in [-0.25, -0.2) is 9.97 Å². The number of nitrogens with one attached hydrogen (secondary N) is 1. The van der Waals surface area contributed by atoms with E-state index in [1.54, 1.807) is 12.4 Å². The lowest BCUT2D eigenvalue weighted by atomic mass is 10.1. The maximum Gasteiger partial charge on any atom is 0.141 e. The highest BCUT2D eigenvalue weighted by Crippen LogP contribution is 2.14. The molecule has 0 saturated carbocycles. The molecule has 1 fully saturated rings. The van der Waals surface area contributed by atoms with Crippen LogP contribution in [-0.2, 0) is 11.3 Å². The highest BCUT2D eigenvalue weighted by molar-refractivity contribution is 4.87. The average Bonchev–Trinajstić information content (AvgIpc) is 2.37. The molecule has 0 spiro atoms. The zero-order chi connectivity index (χ0) is 11.1. The topological polar surface area (TPSA) is 47.0 Å². The van der Waals surface area contributed by atoms with Gasteiger partial charge >= 0.3 is 0 Å². The fraction of sp³-hybridized carbons (Fsp3) is 0.667. The molecule has 0 bridgehead atoms. The molecule has 0 aliphatic carbocycles. The molecular formula is C12H19N3O. The van der Waals surface area contributed by atoms with E-state index >= 15 is 0 Å². The van der Waals surface area contributed by atoms with Gasteiger partial charge in [-0.3, -0.25) is 0 Å². The maximum absolute atomic E-state index is 5.66. The van der Waals surface area contributed by atoms with E-state index in [2.05, 4.69) is 15.3 Å². The fourth-order valence-electron chi connectivity index (χ4n) is 1.92. The molecule has 0 amide bonds. The van der Waals surface area contributed by atoms with Crippen molar-refractivity contribution in [2.45, 2.75) is 38.3 Å². The van der Waals surface area contributed by atoms with Gasteiger partial charge in [-0.1, -0.05) is 0 Å². The summed E-state index contributed by atoms with van der Waals surface area (Å²) >= 11 is 0. The Morgan fingerprint density at radius 1 is 1.31 bits per heavy atom. The first-order valence-corrected chi connectivity index (χ1v) is 6.03. The number of hydrogen-bond acceptors (Lipinski definition) is 4. The van der Waals surface area contributed by atoms with Crippen LogP contribution < -0.4 is 5.32 Å². The van der Waals surface area contributed by atoms with Gasteiger partial charge in [0.2, 0.25) is 0 Å². The number of hydrogen-bond donors (Lipinski definition) is 1. The van der Waals surface area contributed by atoms with E-state index in [1.807, 2.05) is 6.07 Å². The van der Waals surface area contributed by atoms with Gasteiger partial charge in [0.25, 0.3) is 0 Å². The predicted octanol–water partition coefficient (Wildman–Crippen LogP) is 1.53. The van der Waals surface area contributed by atoms with Crippen molar-refractivity contribution in [3.8, 4) is 0 Å². The smallest absolute Gasteiger partial charge is 0.141 e. The third-order valence-electron chi connectivity index (χ3n) is 2.82. The van der Waals surface area contributed by atoms with E-state index in [1.165, 1.54) is 19.3 Å². The molecule has 16 heavy (non-hydrogen) atoms. The number of rotatable bonds is 5. The minimum atomic E-state index is 0.456. The second-order valence-electron chi connectivity index (χ2n) is 4.12. The summed E-state index contributed by atoms with van der Waals surface area (Å²) in [6.07, 6.45) is 8.84. The first kappa shape index (κ1) is 11.5. The number of nitrogens with zero attached hydrogens (tertiary/aromatic N) is 2. The van der Waals surface area contributed by atoms with Crippen LogP contribution >= 0.6 is 0 Å². The Hall–Kier alpha value is -1.00. The Bertz CT molecular complexity index is 286. The summed E-state index contributed by atoms with van der Waals surface area (Å²) in [4.78, 5) is 8.32.